The number of pyridine rings is 2. The van der Waals surface area contributed by atoms with E-state index in [0.717, 1.165) is 25.5 Å². The summed E-state index contributed by atoms with van der Waals surface area (Å²) in [4.78, 5) is 8.17. The second-order valence-electron chi connectivity index (χ2n) is 5.56. The van der Waals surface area contributed by atoms with Crippen molar-refractivity contribution in [3.05, 3.63) is 24.1 Å². The number of nitrogens with zero attached hydrogens (tertiary/aromatic N) is 2. The molecule has 0 amide bonds. The first-order chi connectivity index (χ1) is 9.97. The Morgan fingerprint density at radius 1 is 1.43 bits per heavy atom. The zero-order chi connectivity index (χ0) is 15.5. The van der Waals surface area contributed by atoms with E-state index in [1.807, 2.05) is 6.92 Å². The molecule has 0 fully saturated rings. The number of nitrogens with one attached hydrogen (secondary N) is 1. The van der Waals surface area contributed by atoms with Crippen molar-refractivity contribution in [2.45, 2.75) is 38.6 Å². The van der Waals surface area contributed by atoms with Gasteiger partial charge in [0.15, 0.2) is 0 Å². The Morgan fingerprint density at radius 2 is 2.19 bits per heavy atom. The first-order valence-electron chi connectivity index (χ1n) is 7.08. The number of aliphatic hydroxyl groups is 1. The van der Waals surface area contributed by atoms with Gasteiger partial charge in [0.2, 0.25) is 0 Å². The minimum atomic E-state index is -0.479. The van der Waals surface area contributed by atoms with Crippen LogP contribution < -0.4 is 11.1 Å². The van der Waals surface area contributed by atoms with Gasteiger partial charge in [0.05, 0.1) is 29.5 Å². The molecule has 0 saturated carbocycles. The molecule has 1 unspecified atom stereocenters. The van der Waals surface area contributed by atoms with E-state index in [4.69, 9.17) is 5.73 Å². The average Bonchev–Trinajstić information content (AvgIpc) is 2.44. The minimum Gasteiger partial charge on any atom is -0.394 e. The third-order valence-electron chi connectivity index (χ3n) is 3.50. The van der Waals surface area contributed by atoms with E-state index in [2.05, 4.69) is 22.2 Å². The number of aromatic nitrogens is 2. The van der Waals surface area contributed by atoms with Crippen LogP contribution in [0.2, 0.25) is 0 Å². The van der Waals surface area contributed by atoms with E-state index in [1.165, 1.54) is 6.07 Å². The summed E-state index contributed by atoms with van der Waals surface area (Å²) >= 11 is 0. The molecule has 21 heavy (non-hydrogen) atoms. The van der Waals surface area contributed by atoms with E-state index in [0.29, 0.717) is 16.7 Å². The first-order valence-corrected chi connectivity index (χ1v) is 7.08. The van der Waals surface area contributed by atoms with Crippen molar-refractivity contribution in [1.82, 2.24) is 9.97 Å². The highest BCUT2D eigenvalue weighted by Crippen LogP contribution is 2.27. The minimum absolute atomic E-state index is 0.0160. The molecule has 2 aromatic heterocycles. The number of hydrogen-bond acceptors (Lipinski definition) is 5. The van der Waals surface area contributed by atoms with Gasteiger partial charge in [-0.25, -0.2) is 14.4 Å². The normalized spacial score (nSPS) is 14.1. The summed E-state index contributed by atoms with van der Waals surface area (Å²) in [7, 11) is 0. The third kappa shape index (κ3) is 3.58. The number of aliphatic hydroxyl groups excluding tert-OH is 1. The smallest absolute Gasteiger partial charge is 0.143 e. The molecule has 0 saturated heterocycles. The summed E-state index contributed by atoms with van der Waals surface area (Å²) in [5.74, 6) is -0.171. The van der Waals surface area contributed by atoms with Crippen LogP contribution in [0.4, 0.5) is 15.9 Å². The molecule has 0 aliphatic carbocycles. The molecule has 0 aliphatic heterocycles. The summed E-state index contributed by atoms with van der Waals surface area (Å²) < 4.78 is 13.3. The molecular weight excluding hydrogens is 271 g/mol. The van der Waals surface area contributed by atoms with Gasteiger partial charge in [-0.1, -0.05) is 19.8 Å². The van der Waals surface area contributed by atoms with E-state index in [-0.39, 0.29) is 12.4 Å². The maximum atomic E-state index is 13.3. The third-order valence-corrected chi connectivity index (χ3v) is 3.50. The highest BCUT2D eigenvalue weighted by molar-refractivity contribution is 5.89. The van der Waals surface area contributed by atoms with E-state index in [1.54, 1.807) is 6.07 Å². The average molecular weight is 292 g/mol. The van der Waals surface area contributed by atoms with Crippen LogP contribution in [0.1, 0.15) is 33.1 Å². The Kier molecular flexibility index (Phi) is 4.57. The second kappa shape index (κ2) is 6.22. The molecule has 0 aliphatic rings. The highest BCUT2D eigenvalue weighted by atomic mass is 19.1. The van der Waals surface area contributed by atoms with Crippen LogP contribution in [-0.2, 0) is 0 Å². The van der Waals surface area contributed by atoms with Crippen molar-refractivity contribution in [1.29, 1.82) is 0 Å². The van der Waals surface area contributed by atoms with Crippen LogP contribution in [-0.4, -0.2) is 27.2 Å². The summed E-state index contributed by atoms with van der Waals surface area (Å²) in [5.41, 5.74) is 6.89. The summed E-state index contributed by atoms with van der Waals surface area (Å²) in [6, 6.07) is 2.96. The molecule has 0 aromatic carbocycles. The molecule has 6 heteroatoms. The van der Waals surface area contributed by atoms with Crippen molar-refractivity contribution in [3.63, 3.8) is 0 Å². The number of rotatable bonds is 6. The topological polar surface area (TPSA) is 84.1 Å². The van der Waals surface area contributed by atoms with Crippen LogP contribution in [0.15, 0.2) is 18.3 Å². The van der Waals surface area contributed by atoms with Gasteiger partial charge in [-0.15, -0.1) is 0 Å². The van der Waals surface area contributed by atoms with Crippen molar-refractivity contribution < 1.29 is 9.50 Å². The molecule has 2 rings (SSSR count). The Labute approximate surface area is 123 Å². The summed E-state index contributed by atoms with van der Waals surface area (Å²) in [6.07, 6.45) is 3.99. The van der Waals surface area contributed by atoms with Crippen molar-refractivity contribution in [2.75, 3.05) is 17.7 Å². The number of halogens is 1. The lowest BCUT2D eigenvalue weighted by atomic mass is 9.95. The molecule has 0 bridgehead atoms. The van der Waals surface area contributed by atoms with Gasteiger partial charge in [0, 0.05) is 12.1 Å². The van der Waals surface area contributed by atoms with Crippen LogP contribution in [0.5, 0.6) is 0 Å². The monoisotopic (exact) mass is 292 g/mol. The predicted octanol–water partition coefficient (Wildman–Crippen LogP) is 2.70. The van der Waals surface area contributed by atoms with Gasteiger partial charge in [-0.05, 0) is 13.3 Å². The van der Waals surface area contributed by atoms with Crippen LogP contribution in [0.3, 0.4) is 0 Å². The van der Waals surface area contributed by atoms with Crippen LogP contribution >= 0.6 is 0 Å². The lowest BCUT2D eigenvalue weighted by Crippen LogP contribution is -2.38. The van der Waals surface area contributed by atoms with Gasteiger partial charge < -0.3 is 16.2 Å². The lowest BCUT2D eigenvalue weighted by molar-refractivity contribution is 0.212. The second-order valence-corrected chi connectivity index (χ2v) is 5.56. The van der Waals surface area contributed by atoms with Gasteiger partial charge in [-0.3, -0.25) is 0 Å². The largest absolute Gasteiger partial charge is 0.394 e. The molecule has 5 nitrogen and oxygen atoms in total. The molecular formula is C15H21FN4O. The standard InChI is InChI=1S/C15H21FN4O/c1-3-4-5-15(2,9-21)20-12-7-13(17)19-11-6-10(16)8-18-14(11)12/h6-8,21H,3-5,9H2,1-2H3,(H3,17,19,20). The van der Waals surface area contributed by atoms with Gasteiger partial charge in [-0.2, -0.15) is 0 Å². The molecule has 114 valence electrons. The molecule has 4 N–H and O–H groups in total. The Balaban J connectivity index is 2.41. The van der Waals surface area contributed by atoms with E-state index < -0.39 is 11.4 Å². The lowest BCUT2D eigenvalue weighted by Gasteiger charge is -2.30. The zero-order valence-corrected chi connectivity index (χ0v) is 12.4. The van der Waals surface area contributed by atoms with Gasteiger partial charge in [0.1, 0.15) is 17.2 Å². The van der Waals surface area contributed by atoms with Gasteiger partial charge >= 0.3 is 0 Å². The predicted molar refractivity (Wildman–Crippen MR) is 82.5 cm³/mol. The molecule has 2 aromatic rings. The zero-order valence-electron chi connectivity index (χ0n) is 12.4. The Bertz CT molecular complexity index is 629. The fourth-order valence-corrected chi connectivity index (χ4v) is 2.28. The number of fused-ring (bicyclic) bond motifs is 1. The summed E-state index contributed by atoms with van der Waals surface area (Å²) in [6.45, 7) is 4.02. The number of anilines is 2. The fraction of sp³-hybridized carbons (Fsp3) is 0.467. The maximum Gasteiger partial charge on any atom is 0.143 e. The van der Waals surface area contributed by atoms with E-state index in [9.17, 15) is 9.50 Å². The Morgan fingerprint density at radius 3 is 2.86 bits per heavy atom. The van der Waals surface area contributed by atoms with Crippen LogP contribution in [0.25, 0.3) is 11.0 Å². The molecule has 1 atom stereocenters. The van der Waals surface area contributed by atoms with Gasteiger partial charge in [0.25, 0.3) is 0 Å². The van der Waals surface area contributed by atoms with Crippen molar-refractivity contribution >= 4 is 22.5 Å². The van der Waals surface area contributed by atoms with Crippen molar-refractivity contribution in [2.24, 2.45) is 0 Å². The Hall–Kier alpha value is -1.95. The first kappa shape index (κ1) is 15.4. The molecule has 2 heterocycles. The van der Waals surface area contributed by atoms with Crippen LogP contribution in [0, 0.1) is 5.82 Å². The van der Waals surface area contributed by atoms with Crippen molar-refractivity contribution in [3.8, 4) is 0 Å². The van der Waals surface area contributed by atoms with E-state index >= 15 is 0 Å². The molecule has 0 spiro atoms. The number of nitrogens with two attached hydrogens (primary N) is 1. The quantitative estimate of drug-likeness (QED) is 0.762. The molecule has 0 radical (unpaired) electrons. The number of hydrogen-bond donors (Lipinski definition) is 3. The number of unbranched alkanes of at least 4 members (excludes halogenated alkanes) is 1. The highest BCUT2D eigenvalue weighted by Gasteiger charge is 2.23. The fourth-order valence-electron chi connectivity index (χ4n) is 2.28. The maximum absolute atomic E-state index is 13.3. The SMILES string of the molecule is CCCCC(C)(CO)Nc1cc(N)nc2cc(F)cnc12. The number of nitrogen functional groups attached to an aromatic ring is 1. The summed E-state index contributed by atoms with van der Waals surface area (Å²) in [5, 5.41) is 13.0.